The summed E-state index contributed by atoms with van der Waals surface area (Å²) in [6, 6.07) is 2.30. The number of hydrogen-bond acceptors (Lipinski definition) is 3. The molecule has 1 aromatic heterocycles. The van der Waals surface area contributed by atoms with Gasteiger partial charge in [-0.05, 0) is 12.3 Å². The molecule has 0 amide bonds. The van der Waals surface area contributed by atoms with Gasteiger partial charge in [-0.2, -0.15) is 5.10 Å². The lowest BCUT2D eigenvalue weighted by Crippen LogP contribution is -2.13. The van der Waals surface area contributed by atoms with Gasteiger partial charge in [0.2, 0.25) is 0 Å². The minimum atomic E-state index is 0.336. The molecule has 0 spiro atoms. The van der Waals surface area contributed by atoms with Crippen molar-refractivity contribution in [2.45, 2.75) is 32.2 Å². The molecule has 1 saturated heterocycles. The van der Waals surface area contributed by atoms with Gasteiger partial charge >= 0.3 is 0 Å². The molecule has 0 radical (unpaired) electrons. The summed E-state index contributed by atoms with van der Waals surface area (Å²) in [7, 11) is 0. The quantitative estimate of drug-likeness (QED) is 0.779. The van der Waals surface area contributed by atoms with Crippen LogP contribution in [0.15, 0.2) is 6.07 Å². The van der Waals surface area contributed by atoms with Crippen LogP contribution < -0.4 is 5.73 Å². The number of rotatable bonds is 2. The van der Waals surface area contributed by atoms with Crippen LogP contribution in [0.4, 0.5) is 5.82 Å². The smallest absolute Gasteiger partial charge is 0.122 e. The molecule has 14 heavy (non-hydrogen) atoms. The molecule has 1 aromatic rings. The number of aromatic nitrogens is 2. The minimum absolute atomic E-state index is 0.336. The Morgan fingerprint density at radius 1 is 1.64 bits per heavy atom. The van der Waals surface area contributed by atoms with Crippen LogP contribution in [0.1, 0.15) is 37.9 Å². The second kappa shape index (κ2) is 3.61. The number of anilines is 1. The van der Waals surface area contributed by atoms with Crippen LogP contribution in [0.2, 0.25) is 0 Å². The molecule has 0 aliphatic carbocycles. The molecule has 2 N–H and O–H groups in total. The Balaban J connectivity index is 2.24. The van der Waals surface area contributed by atoms with Crippen molar-refractivity contribution in [2.24, 2.45) is 0 Å². The molecular formula is C10H17N3O. The third-order valence-electron chi connectivity index (χ3n) is 2.63. The van der Waals surface area contributed by atoms with Gasteiger partial charge in [-0.1, -0.05) is 13.8 Å². The van der Waals surface area contributed by atoms with E-state index in [0.717, 1.165) is 31.1 Å². The zero-order valence-electron chi connectivity index (χ0n) is 8.73. The highest BCUT2D eigenvalue weighted by atomic mass is 16.5. The van der Waals surface area contributed by atoms with E-state index in [9.17, 15) is 0 Å². The van der Waals surface area contributed by atoms with E-state index in [1.807, 2.05) is 10.7 Å². The Morgan fingerprint density at radius 2 is 2.43 bits per heavy atom. The Morgan fingerprint density at radius 3 is 2.93 bits per heavy atom. The second-order valence-corrected chi connectivity index (χ2v) is 4.11. The van der Waals surface area contributed by atoms with Crippen LogP contribution in [-0.2, 0) is 4.74 Å². The molecule has 1 atom stereocenters. The first-order valence-electron chi connectivity index (χ1n) is 5.11. The fourth-order valence-corrected chi connectivity index (χ4v) is 1.72. The van der Waals surface area contributed by atoms with Crippen molar-refractivity contribution in [3.05, 3.63) is 11.8 Å². The van der Waals surface area contributed by atoms with Gasteiger partial charge in [0.15, 0.2) is 0 Å². The van der Waals surface area contributed by atoms with E-state index in [1.54, 1.807) is 0 Å². The lowest BCUT2D eigenvalue weighted by Gasteiger charge is -2.09. The van der Waals surface area contributed by atoms with Crippen LogP contribution >= 0.6 is 0 Å². The Kier molecular flexibility index (Phi) is 2.46. The van der Waals surface area contributed by atoms with Crippen molar-refractivity contribution in [1.82, 2.24) is 9.78 Å². The highest BCUT2D eigenvalue weighted by Gasteiger charge is 2.21. The summed E-state index contributed by atoms with van der Waals surface area (Å²) in [5.41, 5.74) is 6.97. The molecule has 2 heterocycles. The zero-order chi connectivity index (χ0) is 10.1. The van der Waals surface area contributed by atoms with Gasteiger partial charge in [0, 0.05) is 12.7 Å². The van der Waals surface area contributed by atoms with Gasteiger partial charge in [-0.25, -0.2) is 4.68 Å². The lowest BCUT2D eigenvalue weighted by molar-refractivity contribution is 0.185. The maximum atomic E-state index is 5.90. The van der Waals surface area contributed by atoms with Gasteiger partial charge in [-0.15, -0.1) is 0 Å². The molecule has 1 aliphatic rings. The van der Waals surface area contributed by atoms with E-state index in [4.69, 9.17) is 10.5 Å². The molecule has 2 rings (SSSR count). The molecular weight excluding hydrogens is 178 g/mol. The summed E-state index contributed by atoms with van der Waals surface area (Å²) in [5.74, 6) is 1.19. The third-order valence-corrected chi connectivity index (χ3v) is 2.63. The van der Waals surface area contributed by atoms with Crippen molar-refractivity contribution in [3.8, 4) is 0 Å². The van der Waals surface area contributed by atoms with E-state index in [-0.39, 0.29) is 0 Å². The summed E-state index contributed by atoms with van der Waals surface area (Å²) in [4.78, 5) is 0. The molecule has 1 fully saturated rings. The van der Waals surface area contributed by atoms with E-state index in [0.29, 0.717) is 12.0 Å². The zero-order valence-corrected chi connectivity index (χ0v) is 8.73. The first-order valence-corrected chi connectivity index (χ1v) is 5.11. The van der Waals surface area contributed by atoms with Crippen LogP contribution in [-0.4, -0.2) is 23.0 Å². The normalized spacial score (nSPS) is 22.1. The number of hydrogen-bond donors (Lipinski definition) is 1. The lowest BCUT2D eigenvalue weighted by atomic mass is 10.1. The van der Waals surface area contributed by atoms with Crippen LogP contribution in [0.3, 0.4) is 0 Å². The SMILES string of the molecule is CC(C)c1cc(N)n(C2CCOC2)n1. The first-order chi connectivity index (χ1) is 6.68. The second-order valence-electron chi connectivity index (χ2n) is 4.11. The Labute approximate surface area is 84.0 Å². The van der Waals surface area contributed by atoms with Crippen LogP contribution in [0.25, 0.3) is 0 Å². The van der Waals surface area contributed by atoms with E-state index >= 15 is 0 Å². The fraction of sp³-hybridized carbons (Fsp3) is 0.700. The minimum Gasteiger partial charge on any atom is -0.384 e. The largest absolute Gasteiger partial charge is 0.384 e. The van der Waals surface area contributed by atoms with Crippen molar-refractivity contribution in [2.75, 3.05) is 18.9 Å². The molecule has 0 aromatic carbocycles. The van der Waals surface area contributed by atoms with E-state index < -0.39 is 0 Å². The van der Waals surface area contributed by atoms with Crippen molar-refractivity contribution >= 4 is 5.82 Å². The van der Waals surface area contributed by atoms with Crippen molar-refractivity contribution in [1.29, 1.82) is 0 Å². The molecule has 1 unspecified atom stereocenters. The number of nitrogens with zero attached hydrogens (tertiary/aromatic N) is 2. The average molecular weight is 195 g/mol. The predicted octanol–water partition coefficient (Wildman–Crippen LogP) is 1.55. The molecule has 4 heteroatoms. The highest BCUT2D eigenvalue weighted by Crippen LogP contribution is 2.24. The van der Waals surface area contributed by atoms with E-state index in [2.05, 4.69) is 18.9 Å². The molecule has 78 valence electrons. The van der Waals surface area contributed by atoms with Gasteiger partial charge in [0.25, 0.3) is 0 Å². The third kappa shape index (κ3) is 1.62. The van der Waals surface area contributed by atoms with Gasteiger partial charge in [0.05, 0.1) is 18.3 Å². The summed E-state index contributed by atoms with van der Waals surface area (Å²) >= 11 is 0. The summed E-state index contributed by atoms with van der Waals surface area (Å²) in [6.07, 6.45) is 1.02. The molecule has 4 nitrogen and oxygen atoms in total. The monoisotopic (exact) mass is 195 g/mol. The van der Waals surface area contributed by atoms with Crippen molar-refractivity contribution in [3.63, 3.8) is 0 Å². The van der Waals surface area contributed by atoms with E-state index in [1.165, 1.54) is 0 Å². The maximum Gasteiger partial charge on any atom is 0.122 e. The number of nitrogens with two attached hydrogens (primary N) is 1. The Bertz CT molecular complexity index is 313. The Hall–Kier alpha value is -1.03. The fourth-order valence-electron chi connectivity index (χ4n) is 1.72. The van der Waals surface area contributed by atoms with Gasteiger partial charge in [-0.3, -0.25) is 0 Å². The van der Waals surface area contributed by atoms with Crippen LogP contribution in [0, 0.1) is 0 Å². The summed E-state index contributed by atoms with van der Waals surface area (Å²) in [5, 5.41) is 4.50. The first kappa shape index (κ1) is 9.52. The number of ether oxygens (including phenoxy) is 1. The van der Waals surface area contributed by atoms with Crippen LogP contribution in [0.5, 0.6) is 0 Å². The number of nitrogen functional groups attached to an aromatic ring is 1. The van der Waals surface area contributed by atoms with Crippen molar-refractivity contribution < 1.29 is 4.74 Å². The van der Waals surface area contributed by atoms with Gasteiger partial charge < -0.3 is 10.5 Å². The predicted molar refractivity (Wildman–Crippen MR) is 55.2 cm³/mol. The average Bonchev–Trinajstić information content (AvgIpc) is 2.71. The molecule has 0 saturated carbocycles. The summed E-state index contributed by atoms with van der Waals surface area (Å²) in [6.45, 7) is 5.80. The van der Waals surface area contributed by atoms with Gasteiger partial charge in [0.1, 0.15) is 5.82 Å². The highest BCUT2D eigenvalue weighted by molar-refractivity contribution is 5.32. The molecule has 1 aliphatic heterocycles. The topological polar surface area (TPSA) is 53.1 Å². The maximum absolute atomic E-state index is 5.90. The summed E-state index contributed by atoms with van der Waals surface area (Å²) < 4.78 is 7.22. The molecule has 0 bridgehead atoms. The standard InChI is InChI=1S/C10H17N3O/c1-7(2)9-5-10(11)13(12-9)8-3-4-14-6-8/h5,7-8H,3-4,6,11H2,1-2H3.